The Hall–Kier alpha value is 0.520. The van der Waals surface area contributed by atoms with Crippen LogP contribution in [0.2, 0.25) is 0 Å². The summed E-state index contributed by atoms with van der Waals surface area (Å²) in [5.74, 6) is -2.73. The van der Waals surface area contributed by atoms with E-state index in [-0.39, 0.29) is 0 Å². The molecule has 0 aliphatic rings. The summed E-state index contributed by atoms with van der Waals surface area (Å²) in [6.07, 6.45) is 0. The van der Waals surface area contributed by atoms with Gasteiger partial charge in [0.25, 0.3) is 5.92 Å². The van der Waals surface area contributed by atoms with Crippen LogP contribution in [0.5, 0.6) is 0 Å². The molecule has 12 heavy (non-hydrogen) atoms. The lowest BCUT2D eigenvalue weighted by atomic mass is 10.2. The fourth-order valence-electron chi connectivity index (χ4n) is 0.716. The van der Waals surface area contributed by atoms with Crippen molar-refractivity contribution < 1.29 is 8.78 Å². The number of alkyl halides is 3. The highest BCUT2D eigenvalue weighted by Crippen LogP contribution is 2.43. The van der Waals surface area contributed by atoms with E-state index in [2.05, 4.69) is 31.9 Å². The van der Waals surface area contributed by atoms with E-state index in [9.17, 15) is 8.78 Å². The smallest absolute Gasteiger partial charge is 0.206 e. The highest BCUT2D eigenvalue weighted by molar-refractivity contribution is 9.11. The van der Waals surface area contributed by atoms with Crippen LogP contribution in [-0.2, 0) is 0 Å². The van der Waals surface area contributed by atoms with E-state index in [4.69, 9.17) is 0 Å². The fourth-order valence-corrected chi connectivity index (χ4v) is 3.27. The Kier molecular flexibility index (Phi) is 3.28. The normalized spacial score (nSPS) is 14.8. The predicted molar refractivity (Wildman–Crippen MR) is 54.3 cm³/mol. The van der Waals surface area contributed by atoms with Crippen LogP contribution in [0.4, 0.5) is 8.78 Å². The zero-order valence-corrected chi connectivity index (χ0v) is 10.1. The Bertz CT molecular complexity index is 267. The number of rotatable bonds is 2. The summed E-state index contributed by atoms with van der Waals surface area (Å²) in [4.78, 5) is -0.276. The molecule has 0 spiro atoms. The molecule has 0 N–H and O–H groups in total. The number of hydrogen-bond donors (Lipinski definition) is 0. The molecule has 68 valence electrons. The molecule has 0 saturated carbocycles. The lowest BCUT2D eigenvalue weighted by Crippen LogP contribution is -2.16. The molecule has 0 bridgehead atoms. The summed E-state index contributed by atoms with van der Waals surface area (Å²) >= 11 is 7.48. The fraction of sp³-hybridized carbons (Fsp3) is 0.429. The van der Waals surface area contributed by atoms with Crippen LogP contribution < -0.4 is 0 Å². The van der Waals surface area contributed by atoms with E-state index in [1.807, 2.05) is 0 Å². The summed E-state index contributed by atoms with van der Waals surface area (Å²) in [6.45, 7) is 0.901. The molecule has 0 radical (unpaired) electrons. The molecule has 1 aromatic rings. The maximum atomic E-state index is 12.8. The summed E-state index contributed by atoms with van der Waals surface area (Å²) in [5, 5.41) is 1.78. The van der Waals surface area contributed by atoms with Crippen molar-refractivity contribution in [1.29, 1.82) is 0 Å². The third-order valence-corrected chi connectivity index (χ3v) is 4.82. The topological polar surface area (TPSA) is 0 Å². The van der Waals surface area contributed by atoms with E-state index >= 15 is 0 Å². The number of thiophene rings is 1. The van der Waals surface area contributed by atoms with Crippen LogP contribution in [0.25, 0.3) is 0 Å². The quantitative estimate of drug-likeness (QED) is 0.699. The van der Waals surface area contributed by atoms with Crippen LogP contribution in [0.3, 0.4) is 0 Å². The molecule has 1 rings (SSSR count). The lowest BCUT2D eigenvalue weighted by Gasteiger charge is -2.16. The van der Waals surface area contributed by atoms with Crippen LogP contribution in [0.15, 0.2) is 15.9 Å². The van der Waals surface area contributed by atoms with Gasteiger partial charge in [-0.15, -0.1) is 11.3 Å². The molecule has 1 atom stereocenters. The molecule has 1 aromatic heterocycles. The minimum absolute atomic E-state index is 0.627. The van der Waals surface area contributed by atoms with Crippen LogP contribution in [0, 0.1) is 0 Å². The van der Waals surface area contributed by atoms with Gasteiger partial charge in [-0.1, -0.05) is 15.9 Å². The SMILES string of the molecule is CC(F)(F)C(Br)c1sccc1Br. The Morgan fingerprint density at radius 3 is 2.50 bits per heavy atom. The maximum Gasteiger partial charge on any atom is 0.262 e. The van der Waals surface area contributed by atoms with Gasteiger partial charge in [-0.25, -0.2) is 8.78 Å². The predicted octanol–water partition coefficient (Wildman–Crippen LogP) is 4.60. The summed E-state index contributed by atoms with van der Waals surface area (Å²) in [6, 6.07) is 1.76. The molecular formula is C7H6Br2F2S. The second-order valence-corrected chi connectivity index (χ2v) is 5.17. The second-order valence-electron chi connectivity index (χ2n) is 2.45. The van der Waals surface area contributed by atoms with Crippen LogP contribution >= 0.6 is 43.2 Å². The molecular weight excluding hydrogens is 314 g/mol. The lowest BCUT2D eigenvalue weighted by molar-refractivity contribution is 0.0220. The first-order valence-electron chi connectivity index (χ1n) is 3.17. The number of hydrogen-bond acceptors (Lipinski definition) is 1. The van der Waals surface area contributed by atoms with Gasteiger partial charge in [0.1, 0.15) is 4.83 Å². The highest BCUT2D eigenvalue weighted by Gasteiger charge is 2.35. The van der Waals surface area contributed by atoms with Gasteiger partial charge in [0, 0.05) is 16.3 Å². The molecule has 0 aliphatic heterocycles. The second kappa shape index (κ2) is 3.72. The Balaban J connectivity index is 2.92. The zero-order valence-electron chi connectivity index (χ0n) is 6.15. The van der Waals surface area contributed by atoms with Crippen molar-refractivity contribution in [3.05, 3.63) is 20.8 Å². The van der Waals surface area contributed by atoms with Crippen molar-refractivity contribution in [2.45, 2.75) is 17.7 Å². The number of halogens is 4. The Morgan fingerprint density at radius 2 is 2.17 bits per heavy atom. The van der Waals surface area contributed by atoms with Gasteiger partial charge < -0.3 is 0 Å². The van der Waals surface area contributed by atoms with Gasteiger partial charge in [0.05, 0.1) is 0 Å². The van der Waals surface area contributed by atoms with Crippen molar-refractivity contribution >= 4 is 43.2 Å². The zero-order chi connectivity index (χ0) is 9.35. The van der Waals surface area contributed by atoms with Crippen molar-refractivity contribution in [3.8, 4) is 0 Å². The van der Waals surface area contributed by atoms with Crippen LogP contribution in [-0.4, -0.2) is 5.92 Å². The third kappa shape index (κ3) is 2.26. The molecule has 1 heterocycles. The van der Waals surface area contributed by atoms with E-state index in [1.54, 1.807) is 11.4 Å². The van der Waals surface area contributed by atoms with Crippen molar-refractivity contribution in [1.82, 2.24) is 0 Å². The van der Waals surface area contributed by atoms with Crippen LogP contribution in [0.1, 0.15) is 16.6 Å². The average molecular weight is 320 g/mol. The van der Waals surface area contributed by atoms with Gasteiger partial charge in [-0.3, -0.25) is 0 Å². The standard InChI is InChI=1S/C7H6Br2F2S/c1-7(10,11)6(9)5-4(8)2-3-12-5/h2-3,6H,1H3. The van der Waals surface area contributed by atoms with E-state index < -0.39 is 10.7 Å². The van der Waals surface area contributed by atoms with Crippen molar-refractivity contribution in [2.24, 2.45) is 0 Å². The maximum absolute atomic E-state index is 12.8. The van der Waals surface area contributed by atoms with E-state index in [1.165, 1.54) is 11.3 Å². The largest absolute Gasteiger partial charge is 0.262 e. The Morgan fingerprint density at radius 1 is 1.58 bits per heavy atom. The van der Waals surface area contributed by atoms with Gasteiger partial charge in [-0.05, 0) is 27.4 Å². The summed E-state index contributed by atoms with van der Waals surface area (Å²) in [7, 11) is 0. The highest BCUT2D eigenvalue weighted by atomic mass is 79.9. The summed E-state index contributed by atoms with van der Waals surface area (Å²) < 4.78 is 26.3. The first kappa shape index (κ1) is 10.6. The molecule has 0 aromatic carbocycles. The van der Waals surface area contributed by atoms with E-state index in [0.29, 0.717) is 4.88 Å². The first-order chi connectivity index (χ1) is 5.43. The van der Waals surface area contributed by atoms with Gasteiger partial charge in [0.15, 0.2) is 0 Å². The molecule has 0 aliphatic carbocycles. The Labute approximate surface area is 90.2 Å². The molecule has 0 amide bonds. The molecule has 5 heteroatoms. The van der Waals surface area contributed by atoms with Gasteiger partial charge in [-0.2, -0.15) is 0 Å². The van der Waals surface area contributed by atoms with Gasteiger partial charge in [0.2, 0.25) is 0 Å². The summed E-state index contributed by atoms with van der Waals surface area (Å²) in [5.41, 5.74) is 0. The minimum atomic E-state index is -2.73. The first-order valence-corrected chi connectivity index (χ1v) is 5.76. The minimum Gasteiger partial charge on any atom is -0.206 e. The molecule has 0 fully saturated rings. The molecule has 1 unspecified atom stereocenters. The van der Waals surface area contributed by atoms with Crippen molar-refractivity contribution in [2.75, 3.05) is 0 Å². The molecule has 0 saturated heterocycles. The molecule has 0 nitrogen and oxygen atoms in total. The van der Waals surface area contributed by atoms with Crippen molar-refractivity contribution in [3.63, 3.8) is 0 Å². The van der Waals surface area contributed by atoms with E-state index in [0.717, 1.165) is 11.4 Å². The van der Waals surface area contributed by atoms with Gasteiger partial charge >= 0.3 is 0 Å². The average Bonchev–Trinajstić information content (AvgIpc) is 2.31. The third-order valence-electron chi connectivity index (χ3n) is 1.32. The monoisotopic (exact) mass is 318 g/mol.